The van der Waals surface area contributed by atoms with Gasteiger partial charge in [0.05, 0.1) is 16.1 Å². The highest BCUT2D eigenvalue weighted by Crippen LogP contribution is 2.28. The standard InChI is InChI=1S/C20H20N6O6/c1-11-9-15(25(28)29)5-7-17(11)18-8-6-16(32-18)10-21-22-20(27)14(4)24-13(3)19(26(30)31)12(2)23-24/h5-10,14H,1-4H3,(H,22,27). The van der Waals surface area contributed by atoms with Gasteiger partial charge in [-0.3, -0.25) is 29.7 Å². The molecule has 0 fully saturated rings. The lowest BCUT2D eigenvalue weighted by molar-refractivity contribution is -0.386. The van der Waals surface area contributed by atoms with Crippen LogP contribution in [0.15, 0.2) is 39.9 Å². The van der Waals surface area contributed by atoms with Gasteiger partial charge in [-0.05, 0) is 51.5 Å². The molecule has 0 bridgehead atoms. The number of rotatable bonds is 7. The summed E-state index contributed by atoms with van der Waals surface area (Å²) in [5.74, 6) is 0.334. The Kier molecular flexibility index (Phi) is 6.14. The number of hydrazone groups is 1. The van der Waals surface area contributed by atoms with E-state index in [1.54, 1.807) is 32.0 Å². The largest absolute Gasteiger partial charge is 0.455 e. The maximum Gasteiger partial charge on any atom is 0.312 e. The first-order valence-electron chi connectivity index (χ1n) is 9.48. The van der Waals surface area contributed by atoms with Crippen LogP contribution in [-0.2, 0) is 4.79 Å². The molecule has 1 N–H and O–H groups in total. The molecule has 1 unspecified atom stereocenters. The molecule has 0 aliphatic rings. The second kappa shape index (κ2) is 8.79. The van der Waals surface area contributed by atoms with Gasteiger partial charge in [-0.25, -0.2) is 5.43 Å². The summed E-state index contributed by atoms with van der Waals surface area (Å²) >= 11 is 0. The van der Waals surface area contributed by atoms with E-state index in [1.165, 1.54) is 36.9 Å². The maximum atomic E-state index is 12.4. The van der Waals surface area contributed by atoms with Crippen molar-refractivity contribution in [1.29, 1.82) is 0 Å². The lowest BCUT2D eigenvalue weighted by atomic mass is 10.1. The van der Waals surface area contributed by atoms with Gasteiger partial charge in [-0.15, -0.1) is 0 Å². The van der Waals surface area contributed by atoms with Gasteiger partial charge >= 0.3 is 5.69 Å². The molecule has 12 heteroatoms. The van der Waals surface area contributed by atoms with E-state index in [9.17, 15) is 25.0 Å². The molecule has 0 saturated carbocycles. The average Bonchev–Trinajstić information content (AvgIpc) is 3.31. The van der Waals surface area contributed by atoms with E-state index in [1.807, 2.05) is 0 Å². The van der Waals surface area contributed by atoms with Crippen LogP contribution in [0.4, 0.5) is 11.4 Å². The fraction of sp³-hybridized carbons (Fsp3) is 0.250. The molecule has 0 aliphatic carbocycles. The number of hydrogen-bond donors (Lipinski definition) is 1. The van der Waals surface area contributed by atoms with Crippen molar-refractivity contribution < 1.29 is 19.1 Å². The molecule has 32 heavy (non-hydrogen) atoms. The molecule has 3 rings (SSSR count). The van der Waals surface area contributed by atoms with Gasteiger partial charge in [-0.1, -0.05) is 0 Å². The molecular weight excluding hydrogens is 420 g/mol. The van der Waals surface area contributed by atoms with Crippen molar-refractivity contribution in [2.45, 2.75) is 33.7 Å². The van der Waals surface area contributed by atoms with Gasteiger partial charge in [-0.2, -0.15) is 10.2 Å². The predicted molar refractivity (Wildman–Crippen MR) is 114 cm³/mol. The summed E-state index contributed by atoms with van der Waals surface area (Å²) in [7, 11) is 0. The van der Waals surface area contributed by atoms with Gasteiger partial charge in [0.1, 0.15) is 29.0 Å². The van der Waals surface area contributed by atoms with Crippen molar-refractivity contribution in [3.8, 4) is 11.3 Å². The first-order valence-corrected chi connectivity index (χ1v) is 9.48. The number of furan rings is 1. The lowest BCUT2D eigenvalue weighted by Crippen LogP contribution is -2.28. The monoisotopic (exact) mass is 440 g/mol. The Morgan fingerprint density at radius 3 is 2.50 bits per heavy atom. The number of benzene rings is 1. The van der Waals surface area contributed by atoms with Crippen LogP contribution in [-0.4, -0.2) is 31.7 Å². The van der Waals surface area contributed by atoms with Gasteiger partial charge in [0, 0.05) is 17.7 Å². The van der Waals surface area contributed by atoms with Crippen molar-refractivity contribution in [1.82, 2.24) is 15.2 Å². The maximum absolute atomic E-state index is 12.4. The highest BCUT2D eigenvalue weighted by molar-refractivity contribution is 5.83. The second-order valence-corrected chi connectivity index (χ2v) is 7.09. The fourth-order valence-corrected chi connectivity index (χ4v) is 3.26. The predicted octanol–water partition coefficient (Wildman–Crippen LogP) is 3.60. The van der Waals surface area contributed by atoms with Crippen LogP contribution in [0.2, 0.25) is 0 Å². The summed E-state index contributed by atoms with van der Waals surface area (Å²) in [6, 6.07) is 6.95. The van der Waals surface area contributed by atoms with Crippen molar-refractivity contribution in [3.63, 3.8) is 0 Å². The average molecular weight is 440 g/mol. The molecule has 1 amide bonds. The number of aryl methyl sites for hydroxylation is 2. The molecule has 166 valence electrons. The summed E-state index contributed by atoms with van der Waals surface area (Å²) in [6.45, 7) is 6.32. The van der Waals surface area contributed by atoms with E-state index < -0.39 is 21.8 Å². The highest BCUT2D eigenvalue weighted by atomic mass is 16.6. The molecule has 1 atom stereocenters. The zero-order valence-corrected chi connectivity index (χ0v) is 17.7. The van der Waals surface area contributed by atoms with Gasteiger partial charge < -0.3 is 4.42 Å². The van der Waals surface area contributed by atoms with Crippen molar-refractivity contribution in [3.05, 3.63) is 73.3 Å². The van der Waals surface area contributed by atoms with E-state index in [4.69, 9.17) is 4.42 Å². The van der Waals surface area contributed by atoms with Crippen LogP contribution in [0.25, 0.3) is 11.3 Å². The number of nitro groups is 2. The lowest BCUT2D eigenvalue weighted by Gasteiger charge is -2.11. The number of carbonyl (C=O) groups excluding carboxylic acids is 1. The molecule has 2 heterocycles. The third-order valence-corrected chi connectivity index (χ3v) is 4.90. The second-order valence-electron chi connectivity index (χ2n) is 7.09. The Morgan fingerprint density at radius 2 is 1.91 bits per heavy atom. The van der Waals surface area contributed by atoms with Gasteiger partial charge in [0.15, 0.2) is 0 Å². The van der Waals surface area contributed by atoms with Crippen LogP contribution in [0.1, 0.15) is 35.7 Å². The van der Waals surface area contributed by atoms with E-state index in [0.717, 1.165) is 0 Å². The van der Waals surface area contributed by atoms with Crippen LogP contribution in [0.3, 0.4) is 0 Å². The molecular formula is C20H20N6O6. The van der Waals surface area contributed by atoms with Gasteiger partial charge in [0.25, 0.3) is 11.6 Å². The van der Waals surface area contributed by atoms with Crippen molar-refractivity contribution in [2.75, 3.05) is 0 Å². The number of nitrogens with one attached hydrogen (secondary N) is 1. The first kappa shape index (κ1) is 22.3. The number of nitro benzene ring substituents is 1. The summed E-state index contributed by atoms with van der Waals surface area (Å²) in [5.41, 5.74) is 4.09. The molecule has 0 aliphatic heterocycles. The Labute approximate surface area is 181 Å². The Bertz CT molecular complexity index is 1240. The Morgan fingerprint density at radius 1 is 1.19 bits per heavy atom. The molecule has 2 aromatic heterocycles. The number of hydrogen-bond acceptors (Lipinski definition) is 8. The third-order valence-electron chi connectivity index (χ3n) is 4.90. The van der Waals surface area contributed by atoms with Crippen LogP contribution in [0, 0.1) is 41.0 Å². The summed E-state index contributed by atoms with van der Waals surface area (Å²) in [6.07, 6.45) is 1.30. The molecule has 12 nitrogen and oxygen atoms in total. The molecule has 0 spiro atoms. The van der Waals surface area contributed by atoms with Crippen LogP contribution < -0.4 is 5.43 Å². The van der Waals surface area contributed by atoms with Crippen molar-refractivity contribution in [2.24, 2.45) is 5.10 Å². The van der Waals surface area contributed by atoms with E-state index in [0.29, 0.717) is 22.6 Å². The fourth-order valence-electron chi connectivity index (χ4n) is 3.26. The number of non-ortho nitro benzene ring substituents is 1. The smallest absolute Gasteiger partial charge is 0.312 e. The number of nitrogens with zero attached hydrogens (tertiary/aromatic N) is 5. The van der Waals surface area contributed by atoms with E-state index >= 15 is 0 Å². The third kappa shape index (κ3) is 4.38. The van der Waals surface area contributed by atoms with E-state index in [-0.39, 0.29) is 22.8 Å². The zero-order valence-electron chi connectivity index (χ0n) is 17.7. The summed E-state index contributed by atoms with van der Waals surface area (Å²) in [4.78, 5) is 33.4. The quantitative estimate of drug-likeness (QED) is 0.334. The highest BCUT2D eigenvalue weighted by Gasteiger charge is 2.26. The Balaban J connectivity index is 1.69. The van der Waals surface area contributed by atoms with E-state index in [2.05, 4.69) is 15.6 Å². The van der Waals surface area contributed by atoms with Crippen LogP contribution >= 0.6 is 0 Å². The summed E-state index contributed by atoms with van der Waals surface area (Å²) < 4.78 is 6.96. The minimum absolute atomic E-state index is 0.00984. The molecule has 1 aromatic carbocycles. The minimum Gasteiger partial charge on any atom is -0.455 e. The Hall–Kier alpha value is -4.35. The van der Waals surface area contributed by atoms with Crippen LogP contribution in [0.5, 0.6) is 0 Å². The minimum atomic E-state index is -0.825. The van der Waals surface area contributed by atoms with Crippen molar-refractivity contribution >= 4 is 23.5 Å². The SMILES string of the molecule is Cc1cc([N+](=O)[O-])ccc1-c1ccc(C=NNC(=O)C(C)n2nc(C)c([N+](=O)[O-])c2C)o1. The number of amides is 1. The number of carbonyl (C=O) groups is 1. The normalized spacial score (nSPS) is 12.1. The molecule has 3 aromatic rings. The number of aromatic nitrogens is 2. The molecule has 0 saturated heterocycles. The molecule has 0 radical (unpaired) electrons. The summed E-state index contributed by atoms with van der Waals surface area (Å²) in [5, 5.41) is 30.0. The topological polar surface area (TPSA) is 159 Å². The first-order chi connectivity index (χ1) is 15.1. The van der Waals surface area contributed by atoms with Gasteiger partial charge in [0.2, 0.25) is 0 Å². The zero-order chi connectivity index (χ0) is 23.6.